The van der Waals surface area contributed by atoms with Crippen molar-refractivity contribution >= 4 is 0 Å². The van der Waals surface area contributed by atoms with Gasteiger partial charge < -0.3 is 9.84 Å². The number of benzene rings is 1. The Kier molecular flexibility index (Phi) is 4.51. The number of aliphatic hydroxyl groups is 1. The molecule has 1 aromatic rings. The molecule has 0 saturated heterocycles. The number of rotatable bonds is 3. The molecule has 2 heteroatoms. The predicted molar refractivity (Wildman–Crippen MR) is 78.4 cm³/mol. The molecule has 2 nitrogen and oxygen atoms in total. The number of hydrogen-bond donors (Lipinski definition) is 1. The van der Waals surface area contributed by atoms with E-state index in [1.54, 1.807) is 6.92 Å². The van der Waals surface area contributed by atoms with Crippen molar-refractivity contribution in [2.24, 2.45) is 11.8 Å². The summed E-state index contributed by atoms with van der Waals surface area (Å²) in [5, 5.41) is 9.85. The zero-order chi connectivity index (χ0) is 14.0. The van der Waals surface area contributed by atoms with Gasteiger partial charge in [-0.25, -0.2) is 0 Å². The summed E-state index contributed by atoms with van der Waals surface area (Å²) >= 11 is 0. The van der Waals surface area contributed by atoms with Crippen molar-refractivity contribution in [2.75, 3.05) is 0 Å². The molecule has 0 heterocycles. The maximum atomic E-state index is 9.85. The highest BCUT2D eigenvalue weighted by atomic mass is 16.5. The van der Waals surface area contributed by atoms with Crippen LogP contribution in [0.3, 0.4) is 0 Å². The molecule has 106 valence electrons. The summed E-state index contributed by atoms with van der Waals surface area (Å²) < 4.78 is 6.21. The first-order valence-electron chi connectivity index (χ1n) is 7.41. The number of ether oxygens (including phenoxy) is 1. The van der Waals surface area contributed by atoms with Crippen molar-refractivity contribution < 1.29 is 9.84 Å². The summed E-state index contributed by atoms with van der Waals surface area (Å²) in [6, 6.07) is 6.05. The van der Waals surface area contributed by atoms with Crippen molar-refractivity contribution in [3.8, 4) is 5.75 Å². The van der Waals surface area contributed by atoms with E-state index in [0.29, 0.717) is 0 Å². The third-order valence-corrected chi connectivity index (χ3v) is 4.05. The van der Waals surface area contributed by atoms with Gasteiger partial charge in [0.25, 0.3) is 0 Å². The first kappa shape index (κ1) is 14.4. The van der Waals surface area contributed by atoms with E-state index < -0.39 is 6.10 Å². The van der Waals surface area contributed by atoms with Gasteiger partial charge in [0.2, 0.25) is 0 Å². The van der Waals surface area contributed by atoms with Crippen LogP contribution in [0.25, 0.3) is 0 Å². The van der Waals surface area contributed by atoms with Gasteiger partial charge in [0.05, 0.1) is 12.2 Å². The maximum absolute atomic E-state index is 9.85. The summed E-state index contributed by atoms with van der Waals surface area (Å²) in [5.74, 6) is 2.32. The summed E-state index contributed by atoms with van der Waals surface area (Å²) in [6.45, 7) is 8.46. The summed E-state index contributed by atoms with van der Waals surface area (Å²) in [4.78, 5) is 0. The molecule has 0 radical (unpaired) electrons. The fourth-order valence-electron chi connectivity index (χ4n) is 3.24. The van der Waals surface area contributed by atoms with E-state index in [2.05, 4.69) is 20.8 Å². The van der Waals surface area contributed by atoms with Gasteiger partial charge in [-0.2, -0.15) is 0 Å². The van der Waals surface area contributed by atoms with Crippen molar-refractivity contribution in [1.82, 2.24) is 0 Å². The molecule has 1 aliphatic rings. The van der Waals surface area contributed by atoms with E-state index >= 15 is 0 Å². The molecule has 0 amide bonds. The topological polar surface area (TPSA) is 29.5 Å². The zero-order valence-electron chi connectivity index (χ0n) is 12.5. The van der Waals surface area contributed by atoms with Crippen LogP contribution < -0.4 is 4.74 Å². The van der Waals surface area contributed by atoms with Gasteiger partial charge in [0.1, 0.15) is 5.75 Å². The molecule has 1 N–H and O–H groups in total. The Morgan fingerprint density at radius 3 is 2.37 bits per heavy atom. The average Bonchev–Trinajstić information content (AvgIpc) is 2.26. The Morgan fingerprint density at radius 1 is 1.16 bits per heavy atom. The highest BCUT2D eigenvalue weighted by Crippen LogP contribution is 2.34. The van der Waals surface area contributed by atoms with E-state index in [1.165, 1.54) is 12.0 Å². The largest absolute Gasteiger partial charge is 0.490 e. The Hall–Kier alpha value is -1.02. The lowest BCUT2D eigenvalue weighted by Gasteiger charge is -2.32. The van der Waals surface area contributed by atoms with E-state index in [-0.39, 0.29) is 6.10 Å². The molecule has 0 aliphatic heterocycles. The van der Waals surface area contributed by atoms with Gasteiger partial charge in [0.15, 0.2) is 0 Å². The fourth-order valence-corrected chi connectivity index (χ4v) is 3.24. The lowest BCUT2D eigenvalue weighted by atomic mass is 9.82. The second-order valence-electron chi connectivity index (χ2n) is 6.37. The van der Waals surface area contributed by atoms with Gasteiger partial charge in [-0.05, 0) is 56.6 Å². The number of aliphatic hydroxyl groups excluding tert-OH is 1. The fraction of sp³-hybridized carbons (Fsp3) is 0.647. The van der Waals surface area contributed by atoms with Gasteiger partial charge in [-0.3, -0.25) is 0 Å². The molecule has 19 heavy (non-hydrogen) atoms. The van der Waals surface area contributed by atoms with Crippen LogP contribution in [0.15, 0.2) is 18.2 Å². The average molecular weight is 262 g/mol. The lowest BCUT2D eigenvalue weighted by Crippen LogP contribution is -2.28. The first-order chi connectivity index (χ1) is 8.95. The van der Waals surface area contributed by atoms with Crippen LogP contribution in [0.4, 0.5) is 0 Å². The molecule has 3 atom stereocenters. The molecule has 2 rings (SSSR count). The third-order valence-electron chi connectivity index (χ3n) is 4.05. The van der Waals surface area contributed by atoms with Gasteiger partial charge in [0, 0.05) is 5.56 Å². The van der Waals surface area contributed by atoms with Crippen LogP contribution >= 0.6 is 0 Å². The predicted octanol–water partition coefficient (Wildman–Crippen LogP) is 4.25. The molecule has 1 fully saturated rings. The molecule has 0 aromatic heterocycles. The summed E-state index contributed by atoms with van der Waals surface area (Å²) in [7, 11) is 0. The monoisotopic (exact) mass is 262 g/mol. The van der Waals surface area contributed by atoms with Gasteiger partial charge >= 0.3 is 0 Å². The Balaban J connectivity index is 2.15. The minimum absolute atomic E-state index is 0.290. The zero-order valence-corrected chi connectivity index (χ0v) is 12.5. The quantitative estimate of drug-likeness (QED) is 0.882. The molecule has 2 unspecified atom stereocenters. The lowest BCUT2D eigenvalue weighted by molar-refractivity contribution is 0.0959. The molecule has 1 aliphatic carbocycles. The van der Waals surface area contributed by atoms with E-state index in [1.807, 2.05) is 18.2 Å². The van der Waals surface area contributed by atoms with Crippen LogP contribution in [0, 0.1) is 18.8 Å². The molecular weight excluding hydrogens is 236 g/mol. The second-order valence-corrected chi connectivity index (χ2v) is 6.37. The Bertz CT molecular complexity index is 415. The van der Waals surface area contributed by atoms with Gasteiger partial charge in [-0.15, -0.1) is 0 Å². The summed E-state index contributed by atoms with van der Waals surface area (Å²) in [5.41, 5.74) is 2.08. The van der Waals surface area contributed by atoms with Crippen molar-refractivity contribution in [3.63, 3.8) is 0 Å². The smallest absolute Gasteiger partial charge is 0.125 e. The van der Waals surface area contributed by atoms with Crippen LogP contribution in [0.5, 0.6) is 5.75 Å². The third kappa shape index (κ3) is 3.73. The minimum atomic E-state index is -0.478. The number of hydrogen-bond acceptors (Lipinski definition) is 2. The molecule has 0 spiro atoms. The Labute approximate surface area is 116 Å². The van der Waals surface area contributed by atoms with E-state index in [9.17, 15) is 5.11 Å². The van der Waals surface area contributed by atoms with Crippen molar-refractivity contribution in [2.45, 2.75) is 59.2 Å². The maximum Gasteiger partial charge on any atom is 0.125 e. The van der Waals surface area contributed by atoms with Crippen LogP contribution in [-0.2, 0) is 0 Å². The van der Waals surface area contributed by atoms with Crippen LogP contribution in [0.1, 0.15) is 57.3 Å². The normalized spacial score (nSPS) is 29.0. The van der Waals surface area contributed by atoms with Crippen LogP contribution in [-0.4, -0.2) is 11.2 Å². The molecular formula is C17H26O2. The molecule has 1 aromatic carbocycles. The van der Waals surface area contributed by atoms with Crippen molar-refractivity contribution in [3.05, 3.63) is 29.3 Å². The second kappa shape index (κ2) is 5.96. The highest BCUT2D eigenvalue weighted by molar-refractivity contribution is 5.38. The van der Waals surface area contributed by atoms with Crippen molar-refractivity contribution in [1.29, 1.82) is 0 Å². The van der Waals surface area contributed by atoms with E-state index in [4.69, 9.17) is 4.74 Å². The Morgan fingerprint density at radius 2 is 1.79 bits per heavy atom. The standard InChI is InChI=1S/C17H26O2/c1-11-5-6-16(14(4)18)17(10-11)19-15-8-12(2)7-13(3)9-15/h5-6,10,12-15,18H,7-9H2,1-4H3/t12?,13?,14-,15?/m0/s1. The molecule has 0 bridgehead atoms. The van der Waals surface area contributed by atoms with Crippen LogP contribution in [0.2, 0.25) is 0 Å². The highest BCUT2D eigenvalue weighted by Gasteiger charge is 2.26. The first-order valence-corrected chi connectivity index (χ1v) is 7.41. The SMILES string of the molecule is Cc1ccc([C@H](C)O)c(OC2CC(C)CC(C)C2)c1. The summed E-state index contributed by atoms with van der Waals surface area (Å²) in [6.07, 6.45) is 3.36. The van der Waals surface area contributed by atoms with Gasteiger partial charge in [-0.1, -0.05) is 26.0 Å². The minimum Gasteiger partial charge on any atom is -0.490 e. The van der Waals surface area contributed by atoms with E-state index in [0.717, 1.165) is 36.0 Å². The number of aryl methyl sites for hydroxylation is 1. The molecule has 1 saturated carbocycles.